The minimum absolute atomic E-state index is 0.0185. The maximum absolute atomic E-state index is 15.2. The summed E-state index contributed by atoms with van der Waals surface area (Å²) in [6, 6.07) is 7.16. The molecule has 0 bridgehead atoms. The van der Waals surface area contributed by atoms with E-state index in [0.29, 0.717) is 0 Å². The number of ketones is 1. The molecule has 214 valence electrons. The van der Waals surface area contributed by atoms with E-state index >= 15 is 13.2 Å². The topological polar surface area (TPSA) is 94.2 Å². The molecule has 2 aliphatic rings. The Kier molecular flexibility index (Phi) is 7.15. The van der Waals surface area contributed by atoms with Crippen molar-refractivity contribution in [3.63, 3.8) is 0 Å². The molecule has 0 aromatic heterocycles. The molecule has 1 heterocycles. The molecule has 1 atom stereocenters. The SMILES string of the molecule is COc1cc(C(=O)N[C@]2(C(F)(F)F)C(=O)N(c3ccc(C)c(C)c3)C3=C2C(=O)CC(C)(C)C3)cc(OC)c1OC. The Bertz CT molecular complexity index is 1420. The number of aryl methyl sites for hydroxylation is 2. The van der Waals surface area contributed by atoms with Crippen molar-refractivity contribution in [1.29, 1.82) is 0 Å². The smallest absolute Gasteiger partial charge is 0.425 e. The second kappa shape index (κ2) is 9.87. The predicted molar refractivity (Wildman–Crippen MR) is 141 cm³/mol. The largest absolute Gasteiger partial charge is 0.493 e. The fourth-order valence-corrected chi connectivity index (χ4v) is 5.34. The molecule has 0 spiro atoms. The Morgan fingerprint density at radius 2 is 1.52 bits per heavy atom. The highest BCUT2D eigenvalue weighted by Gasteiger charge is 2.72. The van der Waals surface area contributed by atoms with Crippen LogP contribution in [0.5, 0.6) is 17.2 Å². The van der Waals surface area contributed by atoms with E-state index < -0.39 is 40.3 Å². The highest BCUT2D eigenvalue weighted by Crippen LogP contribution is 2.53. The van der Waals surface area contributed by atoms with Crippen molar-refractivity contribution in [3.8, 4) is 17.2 Å². The van der Waals surface area contributed by atoms with Gasteiger partial charge in [-0.05, 0) is 61.1 Å². The minimum Gasteiger partial charge on any atom is -0.493 e. The number of rotatable bonds is 6. The highest BCUT2D eigenvalue weighted by molar-refractivity contribution is 6.21. The molecular formula is C29H31F3N2O6. The Morgan fingerprint density at radius 1 is 0.925 bits per heavy atom. The van der Waals surface area contributed by atoms with E-state index in [9.17, 15) is 14.4 Å². The van der Waals surface area contributed by atoms with Crippen LogP contribution < -0.4 is 24.4 Å². The number of hydrogen-bond donors (Lipinski definition) is 1. The fourth-order valence-electron chi connectivity index (χ4n) is 5.34. The molecular weight excluding hydrogens is 529 g/mol. The molecule has 0 radical (unpaired) electrons. The van der Waals surface area contributed by atoms with Crippen LogP contribution in [0.3, 0.4) is 0 Å². The van der Waals surface area contributed by atoms with Crippen LogP contribution in [0.4, 0.5) is 18.9 Å². The van der Waals surface area contributed by atoms with Crippen LogP contribution in [-0.2, 0) is 9.59 Å². The van der Waals surface area contributed by atoms with Gasteiger partial charge in [0.05, 0.1) is 26.9 Å². The molecule has 11 heteroatoms. The third-order valence-corrected chi connectivity index (χ3v) is 7.42. The standard InChI is InChI=1S/C29H31F3N2O6/c1-15-8-9-18(10-16(15)2)34-19-13-27(3,4)14-20(35)23(19)28(26(34)37,29(30,31)32)33-25(36)17-11-21(38-5)24(40-7)22(12-17)39-6/h8-12H,13-14H2,1-7H3,(H,33,36)/t28-/m0/s1. The van der Waals surface area contributed by atoms with Crippen molar-refractivity contribution in [1.82, 2.24) is 5.32 Å². The maximum atomic E-state index is 15.2. The predicted octanol–water partition coefficient (Wildman–Crippen LogP) is 5.05. The number of halogens is 3. The van der Waals surface area contributed by atoms with Crippen LogP contribution in [0.1, 0.15) is 48.2 Å². The van der Waals surface area contributed by atoms with E-state index in [1.165, 1.54) is 39.5 Å². The molecule has 40 heavy (non-hydrogen) atoms. The molecule has 0 unspecified atom stereocenters. The number of nitrogens with one attached hydrogen (secondary N) is 1. The summed E-state index contributed by atoms with van der Waals surface area (Å²) in [7, 11) is 3.91. The van der Waals surface area contributed by atoms with Gasteiger partial charge in [0.15, 0.2) is 17.3 Å². The van der Waals surface area contributed by atoms with Crippen LogP contribution >= 0.6 is 0 Å². The summed E-state index contributed by atoms with van der Waals surface area (Å²) in [5.74, 6) is -3.40. The first-order valence-corrected chi connectivity index (χ1v) is 12.5. The molecule has 0 saturated carbocycles. The number of anilines is 1. The van der Waals surface area contributed by atoms with Crippen molar-refractivity contribution >= 4 is 23.3 Å². The van der Waals surface area contributed by atoms with E-state index in [2.05, 4.69) is 0 Å². The summed E-state index contributed by atoms with van der Waals surface area (Å²) in [5, 5.41) is 1.94. The second-order valence-electron chi connectivity index (χ2n) is 10.8. The molecule has 4 rings (SSSR count). The number of hydrogen-bond acceptors (Lipinski definition) is 6. The first-order chi connectivity index (χ1) is 18.6. The third-order valence-electron chi connectivity index (χ3n) is 7.42. The minimum atomic E-state index is -5.35. The van der Waals surface area contributed by atoms with Gasteiger partial charge in [0.25, 0.3) is 11.8 Å². The van der Waals surface area contributed by atoms with Crippen molar-refractivity contribution in [2.75, 3.05) is 26.2 Å². The Morgan fingerprint density at radius 3 is 2.02 bits per heavy atom. The Labute approximate surface area is 230 Å². The number of methoxy groups -OCH3 is 3. The summed E-state index contributed by atoms with van der Waals surface area (Å²) in [6.07, 6.45) is -5.56. The molecule has 8 nitrogen and oxygen atoms in total. The van der Waals surface area contributed by atoms with Gasteiger partial charge in [0.2, 0.25) is 11.3 Å². The van der Waals surface area contributed by atoms with Crippen molar-refractivity contribution in [2.45, 2.75) is 52.3 Å². The van der Waals surface area contributed by atoms with Gasteiger partial charge in [0, 0.05) is 23.4 Å². The first kappa shape index (κ1) is 29.0. The summed E-state index contributed by atoms with van der Waals surface area (Å²) in [5.41, 5.74) is -3.63. The number of alkyl halides is 3. The average Bonchev–Trinajstić information content (AvgIpc) is 3.11. The summed E-state index contributed by atoms with van der Waals surface area (Å²) in [4.78, 5) is 41.9. The van der Waals surface area contributed by atoms with Crippen LogP contribution in [0, 0.1) is 19.3 Å². The summed E-state index contributed by atoms with van der Waals surface area (Å²) >= 11 is 0. The average molecular weight is 561 g/mol. The Hall–Kier alpha value is -4.02. The number of benzene rings is 2. The van der Waals surface area contributed by atoms with Crippen LogP contribution in [0.2, 0.25) is 0 Å². The number of Topliss-reactive ketones (excluding diaryl/α,β-unsaturated/α-hetero) is 1. The molecule has 2 aromatic carbocycles. The van der Waals surface area contributed by atoms with Crippen LogP contribution in [0.25, 0.3) is 0 Å². The number of allylic oxidation sites excluding steroid dienone is 1. The Balaban J connectivity index is 1.94. The second-order valence-corrected chi connectivity index (χ2v) is 10.8. The van der Waals surface area contributed by atoms with E-state index in [1.54, 1.807) is 32.9 Å². The quantitative estimate of drug-likeness (QED) is 0.532. The van der Waals surface area contributed by atoms with Gasteiger partial charge in [0.1, 0.15) is 0 Å². The van der Waals surface area contributed by atoms with E-state index in [1.807, 2.05) is 12.2 Å². The van der Waals surface area contributed by atoms with Crippen molar-refractivity contribution in [2.24, 2.45) is 5.41 Å². The van der Waals surface area contributed by atoms with Crippen molar-refractivity contribution < 1.29 is 41.8 Å². The maximum Gasteiger partial charge on any atom is 0.425 e. The number of ether oxygens (including phenoxy) is 3. The first-order valence-electron chi connectivity index (χ1n) is 12.5. The van der Waals surface area contributed by atoms with Crippen molar-refractivity contribution in [3.05, 3.63) is 58.3 Å². The van der Waals surface area contributed by atoms with Gasteiger partial charge in [-0.15, -0.1) is 0 Å². The van der Waals surface area contributed by atoms with E-state index in [-0.39, 0.29) is 47.0 Å². The molecule has 0 fully saturated rings. The lowest BCUT2D eigenvalue weighted by Gasteiger charge is -2.35. The summed E-state index contributed by atoms with van der Waals surface area (Å²) in [6.45, 7) is 7.11. The van der Waals surface area contributed by atoms with Gasteiger partial charge < -0.3 is 19.5 Å². The van der Waals surface area contributed by atoms with Gasteiger partial charge in [-0.3, -0.25) is 19.3 Å². The van der Waals surface area contributed by atoms with E-state index in [0.717, 1.165) is 16.0 Å². The number of nitrogens with zero attached hydrogens (tertiary/aromatic N) is 1. The third kappa shape index (κ3) is 4.47. The molecule has 1 N–H and O–H groups in total. The van der Waals surface area contributed by atoms with Gasteiger partial charge in [-0.2, -0.15) is 13.2 Å². The number of carbonyl (C=O) groups excluding carboxylic acids is 3. The normalized spacial score (nSPS) is 20.4. The number of carbonyl (C=O) groups is 3. The molecule has 1 aliphatic carbocycles. The monoisotopic (exact) mass is 560 g/mol. The molecule has 1 aliphatic heterocycles. The van der Waals surface area contributed by atoms with Crippen LogP contribution in [-0.4, -0.2) is 50.6 Å². The zero-order valence-electron chi connectivity index (χ0n) is 23.3. The summed E-state index contributed by atoms with van der Waals surface area (Å²) < 4.78 is 61.3. The molecule has 2 amide bonds. The van der Waals surface area contributed by atoms with Gasteiger partial charge >= 0.3 is 6.18 Å². The fraction of sp³-hybridized carbons (Fsp3) is 0.414. The van der Waals surface area contributed by atoms with Crippen LogP contribution in [0.15, 0.2) is 41.6 Å². The number of amides is 2. The molecule has 0 saturated heterocycles. The highest BCUT2D eigenvalue weighted by atomic mass is 19.4. The van der Waals surface area contributed by atoms with Gasteiger partial charge in [-0.1, -0.05) is 19.9 Å². The van der Waals surface area contributed by atoms with E-state index in [4.69, 9.17) is 14.2 Å². The zero-order valence-corrected chi connectivity index (χ0v) is 23.3. The lowest BCUT2D eigenvalue weighted by molar-refractivity contribution is -0.186. The zero-order chi connectivity index (χ0) is 29.8. The lowest BCUT2D eigenvalue weighted by atomic mass is 9.72. The molecule has 2 aromatic rings. The lowest BCUT2D eigenvalue weighted by Crippen LogP contribution is -2.66. The van der Waals surface area contributed by atoms with Gasteiger partial charge in [-0.25, -0.2) is 0 Å².